The summed E-state index contributed by atoms with van der Waals surface area (Å²) < 4.78 is 3.88. The Morgan fingerprint density at radius 2 is 1.68 bits per heavy atom. The Morgan fingerprint density at radius 3 is 2.48 bits per heavy atom. The molecule has 9 heteroatoms. The number of anilines is 1. The fourth-order valence-corrected chi connectivity index (χ4v) is 5.35. The molecule has 0 fully saturated rings. The molecule has 5 aromatic heterocycles. The average molecular weight is 527 g/mol. The van der Waals surface area contributed by atoms with Crippen molar-refractivity contribution < 1.29 is 4.79 Å². The lowest BCUT2D eigenvalue weighted by atomic mass is 10.0. The standard InChI is InChI=1S/C31H26N8O/c1-20(2)28-19-35-36-39(28)24-8-6-21(7-9-24)22-15-23(18-32-17-22)25-10-12-34-30-26(25)16-27-31(40)38(14-13-37(27)30)29-5-3-4-11-33-29/h3-12,15-20H,13-14H2,1-2H3. The van der Waals surface area contributed by atoms with Crippen LogP contribution in [0.5, 0.6) is 0 Å². The molecule has 6 heterocycles. The summed E-state index contributed by atoms with van der Waals surface area (Å²) in [5, 5.41) is 9.28. The molecule has 0 N–H and O–H groups in total. The minimum absolute atomic E-state index is 0.0751. The highest BCUT2D eigenvalue weighted by atomic mass is 16.2. The Bertz CT molecular complexity index is 1850. The number of nitrogens with zero attached hydrogens (tertiary/aromatic N) is 8. The molecule has 0 bridgehead atoms. The summed E-state index contributed by atoms with van der Waals surface area (Å²) in [5.41, 5.74) is 7.43. The molecule has 1 aliphatic rings. The molecular weight excluding hydrogens is 500 g/mol. The number of hydrogen-bond acceptors (Lipinski definition) is 6. The van der Waals surface area contributed by atoms with Gasteiger partial charge in [0.1, 0.15) is 17.2 Å². The van der Waals surface area contributed by atoms with E-state index in [-0.39, 0.29) is 5.91 Å². The van der Waals surface area contributed by atoms with Crippen LogP contribution in [0.4, 0.5) is 5.82 Å². The minimum Gasteiger partial charge on any atom is -0.319 e. The Balaban J connectivity index is 1.24. The first kappa shape index (κ1) is 23.9. The highest BCUT2D eigenvalue weighted by Crippen LogP contribution is 2.34. The fourth-order valence-electron chi connectivity index (χ4n) is 5.35. The number of aromatic nitrogens is 7. The van der Waals surface area contributed by atoms with E-state index in [9.17, 15) is 4.79 Å². The van der Waals surface area contributed by atoms with Crippen LogP contribution in [-0.2, 0) is 6.54 Å². The molecule has 0 aliphatic carbocycles. The number of amides is 1. The van der Waals surface area contributed by atoms with Gasteiger partial charge in [0.15, 0.2) is 0 Å². The van der Waals surface area contributed by atoms with Crippen molar-refractivity contribution in [2.24, 2.45) is 0 Å². The van der Waals surface area contributed by atoms with E-state index in [1.54, 1.807) is 17.3 Å². The molecule has 6 aromatic rings. The van der Waals surface area contributed by atoms with Crippen molar-refractivity contribution in [3.05, 3.63) is 103 Å². The molecule has 1 amide bonds. The number of carbonyl (C=O) groups excluding carboxylic acids is 1. The van der Waals surface area contributed by atoms with Crippen LogP contribution >= 0.6 is 0 Å². The zero-order chi connectivity index (χ0) is 27.2. The zero-order valence-corrected chi connectivity index (χ0v) is 22.1. The first-order valence-electron chi connectivity index (χ1n) is 13.3. The van der Waals surface area contributed by atoms with E-state index >= 15 is 0 Å². The van der Waals surface area contributed by atoms with Gasteiger partial charge in [-0.1, -0.05) is 37.3 Å². The number of rotatable bonds is 5. The summed E-state index contributed by atoms with van der Waals surface area (Å²) in [7, 11) is 0. The van der Waals surface area contributed by atoms with Crippen molar-refractivity contribution in [1.82, 2.24) is 34.5 Å². The van der Waals surface area contributed by atoms with Crippen LogP contribution in [0.2, 0.25) is 0 Å². The molecule has 9 nitrogen and oxygen atoms in total. The van der Waals surface area contributed by atoms with E-state index in [0.29, 0.717) is 30.5 Å². The van der Waals surface area contributed by atoms with Gasteiger partial charge in [-0.25, -0.2) is 14.6 Å². The summed E-state index contributed by atoms with van der Waals surface area (Å²) in [6, 6.07) is 19.9. The second-order valence-electron chi connectivity index (χ2n) is 10.2. The quantitative estimate of drug-likeness (QED) is 0.293. The van der Waals surface area contributed by atoms with Gasteiger partial charge in [-0.05, 0) is 59.5 Å². The maximum atomic E-state index is 13.5. The fraction of sp³-hybridized carbons (Fsp3) is 0.161. The van der Waals surface area contributed by atoms with Crippen molar-refractivity contribution >= 4 is 22.8 Å². The average Bonchev–Trinajstić information content (AvgIpc) is 3.64. The van der Waals surface area contributed by atoms with Crippen LogP contribution in [0, 0.1) is 0 Å². The maximum absolute atomic E-state index is 13.5. The Labute approximate surface area is 230 Å². The van der Waals surface area contributed by atoms with Gasteiger partial charge in [0.05, 0.1) is 17.6 Å². The predicted molar refractivity (Wildman–Crippen MR) is 153 cm³/mol. The second kappa shape index (κ2) is 9.53. The van der Waals surface area contributed by atoms with Crippen molar-refractivity contribution in [3.63, 3.8) is 0 Å². The normalized spacial score (nSPS) is 13.3. The van der Waals surface area contributed by atoms with Crippen LogP contribution in [0.1, 0.15) is 35.9 Å². The summed E-state index contributed by atoms with van der Waals surface area (Å²) in [4.78, 5) is 28.8. The minimum atomic E-state index is -0.0751. The van der Waals surface area contributed by atoms with Crippen molar-refractivity contribution in [2.75, 3.05) is 11.4 Å². The lowest BCUT2D eigenvalue weighted by molar-refractivity contribution is 0.0965. The molecular formula is C31H26N8O. The van der Waals surface area contributed by atoms with Gasteiger partial charge in [0, 0.05) is 54.4 Å². The van der Waals surface area contributed by atoms with Gasteiger partial charge >= 0.3 is 0 Å². The SMILES string of the molecule is CC(C)c1cnnn1-c1ccc(-c2cncc(-c3ccnc4c3cc3n4CCN(c4ccccn4)C3=O)c2)cc1. The Hall–Kier alpha value is -5.18. The van der Waals surface area contributed by atoms with E-state index < -0.39 is 0 Å². The molecule has 0 atom stereocenters. The molecule has 1 aromatic carbocycles. The molecule has 1 aliphatic heterocycles. The molecule has 0 spiro atoms. The largest absolute Gasteiger partial charge is 0.319 e. The first-order chi connectivity index (χ1) is 19.6. The molecule has 40 heavy (non-hydrogen) atoms. The topological polar surface area (TPSA) is 94.6 Å². The van der Waals surface area contributed by atoms with E-state index in [1.165, 1.54) is 0 Å². The van der Waals surface area contributed by atoms with Gasteiger partial charge in [-0.15, -0.1) is 5.10 Å². The molecule has 0 saturated heterocycles. The smallest absolute Gasteiger partial charge is 0.276 e. The highest BCUT2D eigenvalue weighted by molar-refractivity contribution is 6.09. The number of hydrogen-bond donors (Lipinski definition) is 0. The summed E-state index contributed by atoms with van der Waals surface area (Å²) in [6.07, 6.45) is 9.04. The van der Waals surface area contributed by atoms with Gasteiger partial charge < -0.3 is 4.57 Å². The zero-order valence-electron chi connectivity index (χ0n) is 22.1. The molecule has 0 radical (unpaired) electrons. The number of pyridine rings is 3. The highest BCUT2D eigenvalue weighted by Gasteiger charge is 2.29. The third-order valence-electron chi connectivity index (χ3n) is 7.40. The summed E-state index contributed by atoms with van der Waals surface area (Å²) in [5.74, 6) is 0.902. The van der Waals surface area contributed by atoms with E-state index in [4.69, 9.17) is 0 Å². The van der Waals surface area contributed by atoms with Gasteiger partial charge in [0.25, 0.3) is 5.91 Å². The number of carbonyl (C=O) groups is 1. The number of benzene rings is 1. The second-order valence-corrected chi connectivity index (χ2v) is 10.2. The van der Waals surface area contributed by atoms with Gasteiger partial charge in [0.2, 0.25) is 0 Å². The molecule has 7 rings (SSSR count). The number of fused-ring (bicyclic) bond motifs is 3. The van der Waals surface area contributed by atoms with Gasteiger partial charge in [-0.3, -0.25) is 14.7 Å². The lowest BCUT2D eigenvalue weighted by Crippen LogP contribution is -2.40. The van der Waals surface area contributed by atoms with Crippen molar-refractivity contribution in [1.29, 1.82) is 0 Å². The Morgan fingerprint density at radius 1 is 0.825 bits per heavy atom. The molecule has 0 unspecified atom stereocenters. The van der Waals surface area contributed by atoms with E-state index in [2.05, 4.69) is 57.3 Å². The van der Waals surface area contributed by atoms with Crippen LogP contribution in [0.15, 0.2) is 91.6 Å². The predicted octanol–water partition coefficient (Wildman–Crippen LogP) is 5.52. The third kappa shape index (κ3) is 3.94. The third-order valence-corrected chi connectivity index (χ3v) is 7.40. The van der Waals surface area contributed by atoms with Crippen molar-refractivity contribution in [3.8, 4) is 27.9 Å². The van der Waals surface area contributed by atoms with E-state index in [1.807, 2.05) is 70.3 Å². The Kier molecular flexibility index (Phi) is 5.70. The lowest BCUT2D eigenvalue weighted by Gasteiger charge is -2.27. The first-order valence-corrected chi connectivity index (χ1v) is 13.3. The summed E-state index contributed by atoms with van der Waals surface area (Å²) >= 11 is 0. The summed E-state index contributed by atoms with van der Waals surface area (Å²) in [6.45, 7) is 5.45. The van der Waals surface area contributed by atoms with E-state index in [0.717, 1.165) is 44.7 Å². The molecule has 0 saturated carbocycles. The van der Waals surface area contributed by atoms with Crippen LogP contribution in [0.3, 0.4) is 0 Å². The molecule has 196 valence electrons. The van der Waals surface area contributed by atoms with Gasteiger partial charge in [-0.2, -0.15) is 0 Å². The monoisotopic (exact) mass is 526 g/mol. The van der Waals surface area contributed by atoms with Crippen molar-refractivity contribution in [2.45, 2.75) is 26.3 Å². The maximum Gasteiger partial charge on any atom is 0.276 e. The van der Waals surface area contributed by atoms with Crippen LogP contribution in [-0.4, -0.2) is 47.0 Å². The van der Waals surface area contributed by atoms with Crippen LogP contribution < -0.4 is 4.90 Å². The van der Waals surface area contributed by atoms with Crippen LogP contribution in [0.25, 0.3) is 39.0 Å².